The summed E-state index contributed by atoms with van der Waals surface area (Å²) >= 11 is 0. The molecule has 0 amide bonds. The highest BCUT2D eigenvalue weighted by Gasteiger charge is 2.17. The van der Waals surface area contributed by atoms with Crippen LogP contribution < -0.4 is 5.73 Å². The van der Waals surface area contributed by atoms with Crippen LogP contribution in [-0.2, 0) is 11.3 Å². The van der Waals surface area contributed by atoms with Gasteiger partial charge in [0.15, 0.2) is 6.61 Å². The average molecular weight is 314 g/mol. The van der Waals surface area contributed by atoms with Crippen molar-refractivity contribution in [2.45, 2.75) is 33.7 Å². The molecule has 1 heterocycles. The van der Waals surface area contributed by atoms with Crippen molar-refractivity contribution in [1.82, 2.24) is 4.57 Å². The topological polar surface area (TPSA) is 74.3 Å². The number of aryl methyl sites for hydroxylation is 1. The van der Waals surface area contributed by atoms with Gasteiger partial charge in [0.1, 0.15) is 0 Å². The fraction of sp³-hybridized carbons (Fsp3) is 0.333. The maximum atomic E-state index is 12.3. The monoisotopic (exact) mass is 314 g/mol. The van der Waals surface area contributed by atoms with Gasteiger partial charge in [-0.25, -0.2) is 4.79 Å². The van der Waals surface area contributed by atoms with Crippen molar-refractivity contribution in [3.8, 4) is 0 Å². The summed E-state index contributed by atoms with van der Waals surface area (Å²) < 4.78 is 7.22. The van der Waals surface area contributed by atoms with Crippen molar-refractivity contribution < 1.29 is 14.3 Å². The molecule has 2 aromatic rings. The number of ether oxygens (including phenoxy) is 1. The Labute approximate surface area is 136 Å². The molecule has 5 nitrogen and oxygen atoms in total. The molecule has 5 heteroatoms. The van der Waals surface area contributed by atoms with Crippen molar-refractivity contribution in [3.05, 3.63) is 52.8 Å². The number of nitrogens with zero attached hydrogens (tertiary/aromatic N) is 1. The van der Waals surface area contributed by atoms with Crippen LogP contribution in [0.2, 0.25) is 0 Å². The zero-order chi connectivity index (χ0) is 17.0. The number of benzene rings is 1. The maximum absolute atomic E-state index is 12.3. The van der Waals surface area contributed by atoms with Gasteiger partial charge in [0, 0.05) is 29.2 Å². The van der Waals surface area contributed by atoms with Crippen molar-refractivity contribution in [2.75, 3.05) is 12.3 Å². The summed E-state index contributed by atoms with van der Waals surface area (Å²) in [6, 6.07) is 8.25. The molecule has 2 N–H and O–H groups in total. The minimum Gasteiger partial charge on any atom is -0.454 e. The zero-order valence-electron chi connectivity index (χ0n) is 13.8. The van der Waals surface area contributed by atoms with Crippen LogP contribution in [0.4, 0.5) is 5.69 Å². The summed E-state index contributed by atoms with van der Waals surface area (Å²) in [5.74, 6) is -0.718. The smallest absolute Gasteiger partial charge is 0.338 e. The van der Waals surface area contributed by atoms with Gasteiger partial charge in [0.05, 0.1) is 5.56 Å². The predicted octanol–water partition coefficient (Wildman–Crippen LogP) is 3.14. The molecular formula is C18H22N2O3. The van der Waals surface area contributed by atoms with Crippen LogP contribution in [0, 0.1) is 13.8 Å². The van der Waals surface area contributed by atoms with Crippen molar-refractivity contribution >= 4 is 17.4 Å². The van der Waals surface area contributed by atoms with E-state index in [0.29, 0.717) is 16.8 Å². The first-order valence-electron chi connectivity index (χ1n) is 7.66. The quantitative estimate of drug-likeness (QED) is 0.505. The Bertz CT molecular complexity index is 715. The largest absolute Gasteiger partial charge is 0.454 e. The Morgan fingerprint density at radius 1 is 1.17 bits per heavy atom. The molecule has 0 bridgehead atoms. The van der Waals surface area contributed by atoms with Crippen LogP contribution in [0.1, 0.15) is 45.4 Å². The number of aromatic nitrogens is 1. The number of Topliss-reactive ketones (excluding diaryl/α,β-unsaturated/α-hetero) is 1. The van der Waals surface area contributed by atoms with E-state index in [1.54, 1.807) is 24.3 Å². The third-order valence-corrected chi connectivity index (χ3v) is 3.80. The van der Waals surface area contributed by atoms with E-state index < -0.39 is 5.97 Å². The molecule has 23 heavy (non-hydrogen) atoms. The SMILES string of the molecule is CCCn1c(C)cc(C(=O)COC(=O)c2ccc(N)cc2)c1C. The summed E-state index contributed by atoms with van der Waals surface area (Å²) in [6.07, 6.45) is 0.996. The van der Waals surface area contributed by atoms with Crippen LogP contribution in [0.3, 0.4) is 0 Å². The predicted molar refractivity (Wildman–Crippen MR) is 89.7 cm³/mol. The lowest BCUT2D eigenvalue weighted by atomic mass is 10.1. The van der Waals surface area contributed by atoms with E-state index >= 15 is 0 Å². The van der Waals surface area contributed by atoms with Gasteiger partial charge in [-0.2, -0.15) is 0 Å². The lowest BCUT2D eigenvalue weighted by Gasteiger charge is -2.08. The van der Waals surface area contributed by atoms with Crippen molar-refractivity contribution in [1.29, 1.82) is 0 Å². The summed E-state index contributed by atoms with van der Waals surface area (Å²) in [7, 11) is 0. The standard InChI is InChI=1S/C18H22N2O3/c1-4-9-20-12(2)10-16(13(20)3)17(21)11-23-18(22)14-5-7-15(19)8-6-14/h5-8,10H,4,9,11,19H2,1-3H3. The normalized spacial score (nSPS) is 10.6. The second kappa shape index (κ2) is 7.13. The van der Waals surface area contributed by atoms with Gasteiger partial charge in [-0.15, -0.1) is 0 Å². The van der Waals surface area contributed by atoms with Gasteiger partial charge >= 0.3 is 5.97 Å². The lowest BCUT2D eigenvalue weighted by Crippen LogP contribution is -2.15. The first-order valence-corrected chi connectivity index (χ1v) is 7.66. The molecule has 1 aromatic heterocycles. The number of anilines is 1. The molecule has 0 fully saturated rings. The average Bonchev–Trinajstić information content (AvgIpc) is 2.81. The molecule has 0 saturated heterocycles. The second-order valence-corrected chi connectivity index (χ2v) is 5.56. The van der Waals surface area contributed by atoms with Crippen molar-refractivity contribution in [2.24, 2.45) is 0 Å². The summed E-state index contributed by atoms with van der Waals surface area (Å²) in [4.78, 5) is 24.2. The molecule has 0 aliphatic heterocycles. The molecule has 0 aliphatic rings. The minimum absolute atomic E-state index is 0.191. The number of nitrogen functional groups attached to an aromatic ring is 1. The van der Waals surface area contributed by atoms with Gasteiger partial charge < -0.3 is 15.0 Å². The van der Waals surface area contributed by atoms with Gasteiger partial charge in [-0.1, -0.05) is 6.92 Å². The molecule has 0 aliphatic carbocycles. The zero-order valence-corrected chi connectivity index (χ0v) is 13.8. The minimum atomic E-state index is -0.527. The molecule has 0 saturated carbocycles. The van der Waals surface area contributed by atoms with Crippen molar-refractivity contribution in [3.63, 3.8) is 0 Å². The Morgan fingerprint density at radius 2 is 1.83 bits per heavy atom. The van der Waals surface area contributed by atoms with E-state index in [1.807, 2.05) is 19.9 Å². The third-order valence-electron chi connectivity index (χ3n) is 3.80. The highest BCUT2D eigenvalue weighted by molar-refractivity contribution is 6.00. The van der Waals surface area contributed by atoms with Crippen LogP contribution in [0.25, 0.3) is 0 Å². The Kier molecular flexibility index (Phi) is 5.21. The van der Waals surface area contributed by atoms with Gasteiger partial charge in [-0.3, -0.25) is 4.79 Å². The van der Waals surface area contributed by atoms with Crippen LogP contribution in [-0.4, -0.2) is 22.9 Å². The summed E-state index contributed by atoms with van der Waals surface area (Å²) in [6.45, 7) is 6.59. The molecule has 0 spiro atoms. The molecule has 0 unspecified atom stereocenters. The number of esters is 1. The number of ketones is 1. The second-order valence-electron chi connectivity index (χ2n) is 5.56. The first-order chi connectivity index (χ1) is 10.9. The van der Waals surface area contributed by atoms with E-state index in [2.05, 4.69) is 11.5 Å². The van der Waals surface area contributed by atoms with Gasteiger partial charge in [-0.05, 0) is 50.6 Å². The Hall–Kier alpha value is -2.56. The number of carbonyl (C=O) groups is 2. The number of carbonyl (C=O) groups excluding carboxylic acids is 2. The van der Waals surface area contributed by atoms with E-state index in [-0.39, 0.29) is 12.4 Å². The van der Waals surface area contributed by atoms with E-state index in [0.717, 1.165) is 24.4 Å². The lowest BCUT2D eigenvalue weighted by molar-refractivity contribution is 0.0474. The number of rotatable bonds is 6. The highest BCUT2D eigenvalue weighted by atomic mass is 16.5. The maximum Gasteiger partial charge on any atom is 0.338 e. The number of hydrogen-bond donors (Lipinski definition) is 1. The molecular weight excluding hydrogens is 292 g/mol. The molecule has 0 atom stereocenters. The molecule has 0 radical (unpaired) electrons. The molecule has 2 rings (SSSR count). The van der Waals surface area contributed by atoms with E-state index in [9.17, 15) is 9.59 Å². The highest BCUT2D eigenvalue weighted by Crippen LogP contribution is 2.17. The number of hydrogen-bond acceptors (Lipinski definition) is 4. The van der Waals surface area contributed by atoms with Crippen LogP contribution in [0.15, 0.2) is 30.3 Å². The summed E-state index contributed by atoms with van der Waals surface area (Å²) in [5, 5.41) is 0. The summed E-state index contributed by atoms with van der Waals surface area (Å²) in [5.41, 5.74) is 9.09. The fourth-order valence-corrected chi connectivity index (χ4v) is 2.56. The number of nitrogens with two attached hydrogens (primary N) is 1. The molecule has 122 valence electrons. The molecule has 1 aromatic carbocycles. The van der Waals surface area contributed by atoms with E-state index in [1.165, 1.54) is 0 Å². The van der Waals surface area contributed by atoms with Gasteiger partial charge in [0.2, 0.25) is 5.78 Å². The fourth-order valence-electron chi connectivity index (χ4n) is 2.56. The van der Waals surface area contributed by atoms with Crippen LogP contribution >= 0.6 is 0 Å². The Balaban J connectivity index is 2.04. The van der Waals surface area contributed by atoms with Gasteiger partial charge in [0.25, 0.3) is 0 Å². The Morgan fingerprint density at radius 3 is 2.43 bits per heavy atom. The van der Waals surface area contributed by atoms with Crippen LogP contribution in [0.5, 0.6) is 0 Å². The van der Waals surface area contributed by atoms with E-state index in [4.69, 9.17) is 10.5 Å². The third kappa shape index (κ3) is 3.80. The first kappa shape index (κ1) is 16.8.